The third-order valence-corrected chi connectivity index (χ3v) is 7.43. The fourth-order valence-electron chi connectivity index (χ4n) is 5.35. The van der Waals surface area contributed by atoms with E-state index in [4.69, 9.17) is 0 Å². The Kier molecular flexibility index (Phi) is 4.44. The van der Waals surface area contributed by atoms with E-state index >= 15 is 0 Å². The highest BCUT2D eigenvalue weighted by atomic mass is 19.1. The van der Waals surface area contributed by atoms with Crippen molar-refractivity contribution in [3.8, 4) is 5.69 Å². The van der Waals surface area contributed by atoms with Crippen LogP contribution in [0.2, 0.25) is 0 Å². The van der Waals surface area contributed by atoms with Crippen molar-refractivity contribution in [3.63, 3.8) is 0 Å². The molecule has 4 heteroatoms. The highest BCUT2D eigenvalue weighted by Gasteiger charge is 2.54. The van der Waals surface area contributed by atoms with Gasteiger partial charge in [0.15, 0.2) is 0 Å². The number of rotatable bonds is 4. The van der Waals surface area contributed by atoms with Gasteiger partial charge in [-0.3, -0.25) is 0 Å². The number of nitrogens with zero attached hydrogens (tertiary/aromatic N) is 2. The summed E-state index contributed by atoms with van der Waals surface area (Å²) in [6.07, 6.45) is 8.21. The molecule has 0 aliphatic heterocycles. The van der Waals surface area contributed by atoms with Crippen LogP contribution in [0.25, 0.3) is 11.8 Å². The van der Waals surface area contributed by atoms with E-state index in [1.54, 1.807) is 12.1 Å². The first kappa shape index (κ1) is 19.3. The van der Waals surface area contributed by atoms with Crippen LogP contribution in [0, 0.1) is 18.2 Å². The standard InChI is InChI=1S/C26H27FN2O/c1-18-5-3-4-6-19(18)11-13-26(30)14-12-21-15-24-20(16-25(21,26)2)17-28-29(24)23-9-7-22(27)8-10-23/h3-10,15,17,30H,11-14,16H2,1-2H3/t25-,26-/m0/s1. The largest absolute Gasteiger partial charge is 0.389 e. The molecule has 1 N–H and O–H groups in total. The van der Waals surface area contributed by atoms with Crippen LogP contribution in [-0.4, -0.2) is 20.5 Å². The topological polar surface area (TPSA) is 38.1 Å². The molecule has 154 valence electrons. The van der Waals surface area contributed by atoms with E-state index in [0.717, 1.165) is 49.0 Å². The molecule has 0 bridgehead atoms. The summed E-state index contributed by atoms with van der Waals surface area (Å²) in [7, 11) is 0. The van der Waals surface area contributed by atoms with Crippen LogP contribution in [0.4, 0.5) is 4.39 Å². The lowest BCUT2D eigenvalue weighted by atomic mass is 9.65. The van der Waals surface area contributed by atoms with Crippen LogP contribution in [0.1, 0.15) is 48.6 Å². The second kappa shape index (κ2) is 6.92. The van der Waals surface area contributed by atoms with Gasteiger partial charge in [0.1, 0.15) is 5.82 Å². The number of hydrogen-bond acceptors (Lipinski definition) is 2. The van der Waals surface area contributed by atoms with Crippen molar-refractivity contribution in [2.24, 2.45) is 5.41 Å². The minimum atomic E-state index is -0.725. The molecule has 3 nitrogen and oxygen atoms in total. The molecule has 0 unspecified atom stereocenters. The highest BCUT2D eigenvalue weighted by molar-refractivity contribution is 5.62. The lowest BCUT2D eigenvalue weighted by molar-refractivity contribution is -0.0461. The lowest BCUT2D eigenvalue weighted by Gasteiger charge is -2.42. The normalized spacial score (nSPS) is 25.0. The SMILES string of the molecule is Cc1ccccc1CC[C@]1(O)CCC2=Cc3c(cnn3-c3ccc(F)cc3)C[C@@]21C. The molecule has 2 atom stereocenters. The van der Waals surface area contributed by atoms with Crippen molar-refractivity contribution < 1.29 is 9.50 Å². The van der Waals surface area contributed by atoms with E-state index in [1.807, 2.05) is 10.9 Å². The average Bonchev–Trinajstić information content (AvgIpc) is 3.24. The van der Waals surface area contributed by atoms with Gasteiger partial charge in [-0.2, -0.15) is 5.10 Å². The molecular formula is C26H27FN2O. The molecule has 2 aliphatic rings. The monoisotopic (exact) mass is 402 g/mol. The summed E-state index contributed by atoms with van der Waals surface area (Å²) in [5, 5.41) is 16.3. The first-order valence-electron chi connectivity index (χ1n) is 10.7. The minimum absolute atomic E-state index is 0.250. The predicted octanol–water partition coefficient (Wildman–Crippen LogP) is 5.42. The van der Waals surface area contributed by atoms with E-state index in [-0.39, 0.29) is 11.2 Å². The zero-order valence-corrected chi connectivity index (χ0v) is 17.5. The number of hydrogen-bond donors (Lipinski definition) is 1. The molecule has 3 aromatic rings. The van der Waals surface area contributed by atoms with Gasteiger partial charge in [0, 0.05) is 5.41 Å². The molecule has 1 heterocycles. The fourth-order valence-corrected chi connectivity index (χ4v) is 5.35. The molecule has 0 radical (unpaired) electrons. The summed E-state index contributed by atoms with van der Waals surface area (Å²) in [5.41, 5.74) is 5.94. The smallest absolute Gasteiger partial charge is 0.123 e. The summed E-state index contributed by atoms with van der Waals surface area (Å²) in [5.74, 6) is -0.250. The zero-order valence-electron chi connectivity index (χ0n) is 17.5. The Hall–Kier alpha value is -2.72. The Morgan fingerprint density at radius 3 is 2.67 bits per heavy atom. The Labute approximate surface area is 176 Å². The van der Waals surface area contributed by atoms with Gasteiger partial charge in [0.2, 0.25) is 0 Å². The zero-order chi connectivity index (χ0) is 20.9. The number of fused-ring (bicyclic) bond motifs is 2. The number of aliphatic hydroxyl groups is 1. The summed E-state index contributed by atoms with van der Waals surface area (Å²) < 4.78 is 15.2. The minimum Gasteiger partial charge on any atom is -0.389 e. The second-order valence-corrected chi connectivity index (χ2v) is 9.08. The second-order valence-electron chi connectivity index (χ2n) is 9.08. The van der Waals surface area contributed by atoms with Crippen LogP contribution in [0.15, 0.2) is 60.3 Å². The van der Waals surface area contributed by atoms with Crippen molar-refractivity contribution in [1.29, 1.82) is 0 Å². The quantitative estimate of drug-likeness (QED) is 0.632. The third kappa shape index (κ3) is 2.93. The molecule has 2 aromatic carbocycles. The molecule has 0 amide bonds. The number of halogens is 1. The van der Waals surface area contributed by atoms with Gasteiger partial charge in [-0.05, 0) is 86.1 Å². The van der Waals surface area contributed by atoms with Gasteiger partial charge >= 0.3 is 0 Å². The van der Waals surface area contributed by atoms with Crippen LogP contribution in [-0.2, 0) is 12.8 Å². The van der Waals surface area contributed by atoms with E-state index in [0.29, 0.717) is 0 Å². The van der Waals surface area contributed by atoms with Crippen molar-refractivity contribution in [1.82, 2.24) is 9.78 Å². The molecule has 5 rings (SSSR count). The van der Waals surface area contributed by atoms with E-state index in [1.165, 1.54) is 28.8 Å². The maximum absolute atomic E-state index is 13.3. The van der Waals surface area contributed by atoms with Gasteiger partial charge < -0.3 is 5.11 Å². The molecular weight excluding hydrogens is 375 g/mol. The van der Waals surface area contributed by atoms with Crippen LogP contribution < -0.4 is 0 Å². The summed E-state index contributed by atoms with van der Waals surface area (Å²) >= 11 is 0. The lowest BCUT2D eigenvalue weighted by Crippen LogP contribution is -2.45. The van der Waals surface area contributed by atoms with Crippen molar-refractivity contribution >= 4 is 6.08 Å². The number of aryl methyl sites for hydroxylation is 2. The van der Waals surface area contributed by atoms with Crippen molar-refractivity contribution in [2.45, 2.75) is 51.6 Å². The first-order valence-corrected chi connectivity index (χ1v) is 10.7. The van der Waals surface area contributed by atoms with E-state index in [9.17, 15) is 9.50 Å². The van der Waals surface area contributed by atoms with E-state index < -0.39 is 5.60 Å². The summed E-state index contributed by atoms with van der Waals surface area (Å²) in [6.45, 7) is 4.35. The number of benzene rings is 2. The predicted molar refractivity (Wildman–Crippen MR) is 117 cm³/mol. The average molecular weight is 403 g/mol. The molecule has 30 heavy (non-hydrogen) atoms. The summed E-state index contributed by atoms with van der Waals surface area (Å²) in [6, 6.07) is 14.9. The van der Waals surface area contributed by atoms with Crippen LogP contribution >= 0.6 is 0 Å². The molecule has 0 spiro atoms. The number of aromatic nitrogens is 2. The highest BCUT2D eigenvalue weighted by Crippen LogP contribution is 2.56. The molecule has 2 aliphatic carbocycles. The first-order chi connectivity index (χ1) is 14.4. The van der Waals surface area contributed by atoms with Crippen LogP contribution in [0.3, 0.4) is 0 Å². The Balaban J connectivity index is 1.45. The Bertz CT molecular complexity index is 1130. The maximum Gasteiger partial charge on any atom is 0.123 e. The maximum atomic E-state index is 13.3. The summed E-state index contributed by atoms with van der Waals surface area (Å²) in [4.78, 5) is 0. The fraction of sp³-hybridized carbons (Fsp3) is 0.346. The molecule has 0 saturated heterocycles. The van der Waals surface area contributed by atoms with Crippen LogP contribution in [0.5, 0.6) is 0 Å². The van der Waals surface area contributed by atoms with Gasteiger partial charge in [-0.25, -0.2) is 9.07 Å². The van der Waals surface area contributed by atoms with E-state index in [2.05, 4.69) is 49.3 Å². The molecule has 1 fully saturated rings. The Morgan fingerprint density at radius 2 is 1.90 bits per heavy atom. The van der Waals surface area contributed by atoms with Gasteiger partial charge in [0.05, 0.1) is 23.2 Å². The van der Waals surface area contributed by atoms with Gasteiger partial charge in [-0.15, -0.1) is 0 Å². The van der Waals surface area contributed by atoms with Gasteiger partial charge in [0.25, 0.3) is 0 Å². The molecule has 1 aromatic heterocycles. The van der Waals surface area contributed by atoms with Gasteiger partial charge in [-0.1, -0.05) is 36.8 Å². The molecule has 1 saturated carbocycles. The van der Waals surface area contributed by atoms with Crippen molar-refractivity contribution in [2.75, 3.05) is 0 Å². The van der Waals surface area contributed by atoms with Crippen molar-refractivity contribution in [3.05, 3.63) is 88.5 Å². The Morgan fingerprint density at radius 1 is 1.13 bits per heavy atom. The third-order valence-electron chi connectivity index (χ3n) is 7.43.